The van der Waals surface area contributed by atoms with Gasteiger partial charge in [-0.2, -0.15) is 0 Å². The van der Waals surface area contributed by atoms with Gasteiger partial charge in [0.05, 0.1) is 5.02 Å². The molecule has 0 spiro atoms. The van der Waals surface area contributed by atoms with E-state index in [9.17, 15) is 9.59 Å². The van der Waals surface area contributed by atoms with Crippen molar-refractivity contribution in [3.63, 3.8) is 0 Å². The second-order valence-corrected chi connectivity index (χ2v) is 5.83. The molecule has 0 saturated heterocycles. The van der Waals surface area contributed by atoms with Crippen molar-refractivity contribution in [3.8, 4) is 5.75 Å². The Bertz CT molecular complexity index is 725. The fraction of sp³-hybridized carbons (Fsp3) is 0.222. The Labute approximate surface area is 151 Å². The van der Waals surface area contributed by atoms with Crippen LogP contribution in [0.4, 0.5) is 4.79 Å². The average Bonchev–Trinajstić information content (AvgIpc) is 2.57. The largest absolute Gasteiger partial charge is 0.491 e. The quantitative estimate of drug-likeness (QED) is 0.793. The fourth-order valence-electron chi connectivity index (χ4n) is 2.42. The summed E-state index contributed by atoms with van der Waals surface area (Å²) in [6.45, 7) is 0.768. The van der Waals surface area contributed by atoms with Crippen LogP contribution < -0.4 is 15.8 Å². The molecule has 25 heavy (non-hydrogen) atoms. The van der Waals surface area contributed by atoms with E-state index in [-0.39, 0.29) is 0 Å². The number of hydrogen-bond acceptors (Lipinski definition) is 4. The summed E-state index contributed by atoms with van der Waals surface area (Å²) in [7, 11) is 1.77. The van der Waals surface area contributed by atoms with E-state index in [1.54, 1.807) is 24.1 Å². The van der Waals surface area contributed by atoms with E-state index in [0.29, 0.717) is 23.9 Å². The molecule has 0 aromatic heterocycles. The first-order valence-corrected chi connectivity index (χ1v) is 8.09. The lowest BCUT2D eigenvalue weighted by Crippen LogP contribution is -2.44. The van der Waals surface area contributed by atoms with Crippen molar-refractivity contribution in [1.29, 1.82) is 0 Å². The number of carbonyl (C=O) groups is 2. The van der Waals surface area contributed by atoms with Crippen molar-refractivity contribution < 1.29 is 14.3 Å². The lowest BCUT2D eigenvalue weighted by Gasteiger charge is -2.27. The average molecular weight is 362 g/mol. The number of imide groups is 1. The predicted molar refractivity (Wildman–Crippen MR) is 96.5 cm³/mol. The Morgan fingerprint density at radius 2 is 1.80 bits per heavy atom. The summed E-state index contributed by atoms with van der Waals surface area (Å²) < 4.78 is 5.66. The van der Waals surface area contributed by atoms with Crippen LogP contribution in [-0.2, 0) is 4.79 Å². The Morgan fingerprint density at radius 1 is 1.16 bits per heavy atom. The first-order chi connectivity index (χ1) is 12.0. The van der Waals surface area contributed by atoms with E-state index < -0.39 is 18.0 Å². The topological polar surface area (TPSA) is 84.7 Å². The van der Waals surface area contributed by atoms with Gasteiger partial charge in [0.15, 0.2) is 0 Å². The minimum absolute atomic E-state index is 0.327. The maximum atomic E-state index is 12.4. The molecule has 0 saturated carbocycles. The zero-order chi connectivity index (χ0) is 18.2. The highest BCUT2D eigenvalue weighted by Gasteiger charge is 2.25. The van der Waals surface area contributed by atoms with Gasteiger partial charge < -0.3 is 10.5 Å². The summed E-state index contributed by atoms with van der Waals surface area (Å²) in [5.74, 6) is 0.0920. The normalized spacial score (nSPS) is 11.8. The van der Waals surface area contributed by atoms with E-state index in [1.165, 1.54) is 0 Å². The molecule has 0 aliphatic rings. The van der Waals surface area contributed by atoms with Gasteiger partial charge in [0.2, 0.25) is 5.91 Å². The highest BCUT2D eigenvalue weighted by atomic mass is 35.5. The van der Waals surface area contributed by atoms with E-state index in [4.69, 9.17) is 22.1 Å². The van der Waals surface area contributed by atoms with Crippen molar-refractivity contribution in [2.75, 3.05) is 20.2 Å². The van der Waals surface area contributed by atoms with Gasteiger partial charge in [0, 0.05) is 6.54 Å². The van der Waals surface area contributed by atoms with Crippen molar-refractivity contribution in [2.45, 2.75) is 6.04 Å². The Morgan fingerprint density at radius 3 is 2.44 bits per heavy atom. The highest BCUT2D eigenvalue weighted by molar-refractivity contribution is 6.32. The van der Waals surface area contributed by atoms with Gasteiger partial charge >= 0.3 is 6.03 Å². The Kier molecular flexibility index (Phi) is 6.80. The van der Waals surface area contributed by atoms with E-state index in [1.807, 2.05) is 42.5 Å². The SMILES string of the molecule is CN(CCOc1ccccc1Cl)C(C(=O)NC(N)=O)c1ccccc1. The molecule has 1 unspecified atom stereocenters. The maximum absolute atomic E-state index is 12.4. The van der Waals surface area contributed by atoms with Gasteiger partial charge in [-0.1, -0.05) is 54.1 Å². The van der Waals surface area contributed by atoms with Crippen molar-refractivity contribution in [3.05, 3.63) is 65.2 Å². The number of nitrogens with one attached hydrogen (secondary N) is 1. The molecular formula is C18H20ClN3O3. The molecule has 0 radical (unpaired) electrons. The van der Waals surface area contributed by atoms with Crippen LogP contribution in [0.5, 0.6) is 5.75 Å². The van der Waals surface area contributed by atoms with Crippen LogP contribution in [0.15, 0.2) is 54.6 Å². The summed E-state index contributed by atoms with van der Waals surface area (Å²) in [5.41, 5.74) is 5.82. The van der Waals surface area contributed by atoms with Crippen LogP contribution in [-0.4, -0.2) is 37.0 Å². The Balaban J connectivity index is 2.05. The molecule has 132 valence electrons. The summed E-state index contributed by atoms with van der Waals surface area (Å²) >= 11 is 6.05. The fourth-order valence-corrected chi connectivity index (χ4v) is 2.61. The molecule has 3 amide bonds. The number of nitrogens with two attached hydrogens (primary N) is 1. The van der Waals surface area contributed by atoms with Crippen molar-refractivity contribution in [2.24, 2.45) is 5.73 Å². The smallest absolute Gasteiger partial charge is 0.318 e. The molecule has 0 bridgehead atoms. The van der Waals surface area contributed by atoms with E-state index in [0.717, 1.165) is 5.56 Å². The number of likely N-dealkylation sites (N-methyl/N-ethyl adjacent to an activating group) is 1. The highest BCUT2D eigenvalue weighted by Crippen LogP contribution is 2.23. The number of carbonyl (C=O) groups excluding carboxylic acids is 2. The lowest BCUT2D eigenvalue weighted by atomic mass is 10.0. The van der Waals surface area contributed by atoms with Crippen LogP contribution >= 0.6 is 11.6 Å². The number of ether oxygens (including phenoxy) is 1. The van der Waals surface area contributed by atoms with Crippen LogP contribution in [0.3, 0.4) is 0 Å². The number of benzene rings is 2. The zero-order valence-electron chi connectivity index (χ0n) is 13.8. The van der Waals surface area contributed by atoms with Gasteiger partial charge in [-0.15, -0.1) is 0 Å². The second-order valence-electron chi connectivity index (χ2n) is 5.43. The van der Waals surface area contributed by atoms with Crippen LogP contribution in [0, 0.1) is 0 Å². The molecule has 0 aliphatic heterocycles. The molecule has 2 rings (SSSR count). The molecule has 0 aliphatic carbocycles. The van der Waals surface area contributed by atoms with Gasteiger partial charge in [0.1, 0.15) is 18.4 Å². The van der Waals surface area contributed by atoms with E-state index >= 15 is 0 Å². The minimum Gasteiger partial charge on any atom is -0.491 e. The standard InChI is InChI=1S/C18H20ClN3O3/c1-22(11-12-25-15-10-6-5-9-14(15)19)16(17(23)21-18(20)24)13-7-3-2-4-8-13/h2-10,16H,11-12H2,1H3,(H3,20,21,23,24). The molecule has 3 N–H and O–H groups in total. The minimum atomic E-state index is -0.883. The van der Waals surface area contributed by atoms with Gasteiger partial charge in [0.25, 0.3) is 0 Å². The number of nitrogens with zero attached hydrogens (tertiary/aromatic N) is 1. The molecule has 2 aromatic carbocycles. The molecule has 0 fully saturated rings. The number of rotatable bonds is 7. The summed E-state index contributed by atoms with van der Waals surface area (Å²) in [4.78, 5) is 25.2. The molecule has 7 heteroatoms. The summed E-state index contributed by atoms with van der Waals surface area (Å²) in [5, 5.41) is 2.66. The van der Waals surface area contributed by atoms with Gasteiger partial charge in [-0.3, -0.25) is 15.0 Å². The molecule has 1 atom stereocenters. The van der Waals surface area contributed by atoms with Crippen LogP contribution in [0.1, 0.15) is 11.6 Å². The third-order valence-electron chi connectivity index (χ3n) is 3.59. The number of para-hydroxylation sites is 1. The monoisotopic (exact) mass is 361 g/mol. The molecule has 6 nitrogen and oxygen atoms in total. The van der Waals surface area contributed by atoms with Gasteiger partial charge in [-0.25, -0.2) is 4.79 Å². The third-order valence-corrected chi connectivity index (χ3v) is 3.90. The predicted octanol–water partition coefficient (Wildman–Crippen LogP) is 2.59. The van der Waals surface area contributed by atoms with Crippen LogP contribution in [0.2, 0.25) is 5.02 Å². The number of hydrogen-bond donors (Lipinski definition) is 2. The van der Waals surface area contributed by atoms with E-state index in [2.05, 4.69) is 5.32 Å². The zero-order valence-corrected chi connectivity index (χ0v) is 14.6. The summed E-state index contributed by atoms with van der Waals surface area (Å²) in [6, 6.07) is 14.8. The lowest BCUT2D eigenvalue weighted by molar-refractivity contribution is -0.125. The molecule has 2 aromatic rings. The first kappa shape index (κ1) is 18.8. The van der Waals surface area contributed by atoms with Gasteiger partial charge in [-0.05, 0) is 24.7 Å². The van der Waals surface area contributed by atoms with Crippen LogP contribution in [0.25, 0.3) is 0 Å². The Hall–Kier alpha value is -2.57. The third kappa shape index (κ3) is 5.48. The molecular weight excluding hydrogens is 342 g/mol. The number of amides is 3. The number of halogens is 1. The first-order valence-electron chi connectivity index (χ1n) is 7.72. The maximum Gasteiger partial charge on any atom is 0.318 e. The molecule has 0 heterocycles. The summed E-state index contributed by atoms with van der Waals surface area (Å²) in [6.07, 6.45) is 0. The second kappa shape index (κ2) is 9.05. The number of urea groups is 1. The van der Waals surface area contributed by atoms with Crippen molar-refractivity contribution >= 4 is 23.5 Å². The number of primary amides is 1. The van der Waals surface area contributed by atoms with Crippen molar-refractivity contribution in [1.82, 2.24) is 10.2 Å².